The minimum absolute atomic E-state index is 0.112. The first kappa shape index (κ1) is 9.55. The average molecular weight is 193 g/mol. The van der Waals surface area contributed by atoms with Crippen LogP contribution in [0.2, 0.25) is 0 Å². The molecule has 76 valence electrons. The van der Waals surface area contributed by atoms with Crippen molar-refractivity contribution in [3.05, 3.63) is 23.8 Å². The molecule has 1 aromatic rings. The number of hydrogen-bond donors (Lipinski definition) is 1. The van der Waals surface area contributed by atoms with Crippen molar-refractivity contribution in [3.63, 3.8) is 0 Å². The van der Waals surface area contributed by atoms with Gasteiger partial charge >= 0.3 is 0 Å². The number of likely N-dealkylation sites (tertiary alicyclic amines) is 1. The summed E-state index contributed by atoms with van der Waals surface area (Å²) in [6.45, 7) is 4.53. The molecule has 0 aromatic carbocycles. The predicted molar refractivity (Wildman–Crippen MR) is 52.9 cm³/mol. The van der Waals surface area contributed by atoms with Crippen LogP contribution in [0, 0.1) is 6.92 Å². The maximum Gasteiger partial charge on any atom is 0.0793 e. The molecule has 4 nitrogen and oxygen atoms in total. The summed E-state index contributed by atoms with van der Waals surface area (Å²) >= 11 is 0. The molecule has 0 unspecified atom stereocenters. The molecular formula is C10H15N3O. The van der Waals surface area contributed by atoms with E-state index in [0.717, 1.165) is 37.4 Å². The number of aliphatic hydroxyl groups excluding tert-OH is 1. The molecular weight excluding hydrogens is 178 g/mol. The monoisotopic (exact) mass is 193 g/mol. The summed E-state index contributed by atoms with van der Waals surface area (Å²) in [5, 5.41) is 9.09. The summed E-state index contributed by atoms with van der Waals surface area (Å²) in [7, 11) is 0. The van der Waals surface area contributed by atoms with Crippen LogP contribution in [0.5, 0.6) is 0 Å². The van der Waals surface area contributed by atoms with Crippen LogP contribution >= 0.6 is 0 Å². The Morgan fingerprint density at radius 2 is 2.29 bits per heavy atom. The van der Waals surface area contributed by atoms with Crippen LogP contribution in [0.25, 0.3) is 0 Å². The molecule has 1 N–H and O–H groups in total. The van der Waals surface area contributed by atoms with Crippen molar-refractivity contribution in [3.8, 4) is 0 Å². The first-order valence-corrected chi connectivity index (χ1v) is 4.92. The van der Waals surface area contributed by atoms with Crippen molar-refractivity contribution in [1.82, 2.24) is 14.9 Å². The molecule has 1 aromatic heterocycles. The van der Waals surface area contributed by atoms with Crippen LogP contribution in [0.4, 0.5) is 0 Å². The average Bonchev–Trinajstić information content (AvgIpc) is 2.11. The standard InChI is InChI=1S/C10H15N3O/c1-8-4-11-5-9(12-8)2-3-13-6-10(14)7-13/h4-5,10,14H,2-3,6-7H2,1H3. The summed E-state index contributed by atoms with van der Waals surface area (Å²) < 4.78 is 0. The molecule has 1 saturated heterocycles. The largest absolute Gasteiger partial charge is 0.390 e. The van der Waals surface area contributed by atoms with Gasteiger partial charge in [-0.25, -0.2) is 0 Å². The molecule has 2 rings (SSSR count). The zero-order valence-corrected chi connectivity index (χ0v) is 8.35. The highest BCUT2D eigenvalue weighted by atomic mass is 16.3. The number of aryl methyl sites for hydroxylation is 1. The Labute approximate surface area is 83.6 Å². The van der Waals surface area contributed by atoms with Crippen molar-refractivity contribution >= 4 is 0 Å². The maximum atomic E-state index is 9.09. The van der Waals surface area contributed by atoms with Gasteiger partial charge in [0, 0.05) is 38.4 Å². The van der Waals surface area contributed by atoms with Gasteiger partial charge in [-0.2, -0.15) is 0 Å². The zero-order chi connectivity index (χ0) is 9.97. The summed E-state index contributed by atoms with van der Waals surface area (Å²) in [6.07, 6.45) is 4.38. The lowest BCUT2D eigenvalue weighted by Gasteiger charge is -2.35. The molecule has 2 heterocycles. The van der Waals surface area contributed by atoms with Crippen LogP contribution in [0.15, 0.2) is 12.4 Å². The summed E-state index contributed by atoms with van der Waals surface area (Å²) in [6, 6.07) is 0. The van der Waals surface area contributed by atoms with Gasteiger partial charge in [-0.3, -0.25) is 14.9 Å². The summed E-state index contributed by atoms with van der Waals surface area (Å²) in [4.78, 5) is 10.7. The second-order valence-corrected chi connectivity index (χ2v) is 3.82. The van der Waals surface area contributed by atoms with Crippen molar-refractivity contribution in [1.29, 1.82) is 0 Å². The van der Waals surface area contributed by atoms with E-state index in [1.54, 1.807) is 6.20 Å². The molecule has 0 atom stereocenters. The first-order chi connectivity index (χ1) is 6.74. The quantitative estimate of drug-likeness (QED) is 0.734. The second kappa shape index (κ2) is 4.02. The molecule has 0 aliphatic carbocycles. The number of β-amino-alcohol motifs (C(OH)–C–C–N with tert-alkyl or cyclic N) is 1. The summed E-state index contributed by atoms with van der Waals surface area (Å²) in [5.74, 6) is 0. The van der Waals surface area contributed by atoms with E-state index >= 15 is 0 Å². The van der Waals surface area contributed by atoms with Crippen LogP contribution in [0.1, 0.15) is 11.4 Å². The highest BCUT2D eigenvalue weighted by Crippen LogP contribution is 2.07. The van der Waals surface area contributed by atoms with Crippen LogP contribution < -0.4 is 0 Å². The van der Waals surface area contributed by atoms with Gasteiger partial charge in [0.1, 0.15) is 0 Å². The lowest BCUT2D eigenvalue weighted by atomic mass is 10.1. The molecule has 1 aliphatic heterocycles. The van der Waals surface area contributed by atoms with Gasteiger partial charge in [0.05, 0.1) is 17.5 Å². The Morgan fingerprint density at radius 3 is 2.93 bits per heavy atom. The Kier molecular flexibility index (Phi) is 2.74. The van der Waals surface area contributed by atoms with E-state index in [1.165, 1.54) is 0 Å². The Hall–Kier alpha value is -1.00. The van der Waals surface area contributed by atoms with E-state index in [9.17, 15) is 0 Å². The molecule has 1 fully saturated rings. The third-order valence-electron chi connectivity index (χ3n) is 2.43. The molecule has 14 heavy (non-hydrogen) atoms. The van der Waals surface area contributed by atoms with Crippen molar-refractivity contribution < 1.29 is 5.11 Å². The van der Waals surface area contributed by atoms with Crippen molar-refractivity contribution in [2.45, 2.75) is 19.4 Å². The van der Waals surface area contributed by atoms with E-state index in [0.29, 0.717) is 0 Å². The number of nitrogens with zero attached hydrogens (tertiary/aromatic N) is 3. The molecule has 0 amide bonds. The number of hydrogen-bond acceptors (Lipinski definition) is 4. The molecule has 0 radical (unpaired) electrons. The predicted octanol–water partition coefficient (Wildman–Crippen LogP) is 0.00402. The van der Waals surface area contributed by atoms with Gasteiger partial charge in [-0.1, -0.05) is 0 Å². The number of aromatic nitrogens is 2. The minimum atomic E-state index is -0.112. The van der Waals surface area contributed by atoms with E-state index < -0.39 is 0 Å². The molecule has 1 aliphatic rings. The molecule has 0 spiro atoms. The van der Waals surface area contributed by atoms with Crippen LogP contribution in [-0.2, 0) is 6.42 Å². The number of aliphatic hydroxyl groups is 1. The molecule has 0 saturated carbocycles. The van der Waals surface area contributed by atoms with Gasteiger partial charge in [0.25, 0.3) is 0 Å². The third kappa shape index (κ3) is 2.27. The van der Waals surface area contributed by atoms with E-state index in [1.807, 2.05) is 13.1 Å². The molecule has 4 heteroatoms. The Morgan fingerprint density at radius 1 is 1.50 bits per heavy atom. The third-order valence-corrected chi connectivity index (χ3v) is 2.43. The topological polar surface area (TPSA) is 49.2 Å². The SMILES string of the molecule is Cc1cncc(CCN2CC(O)C2)n1. The fraction of sp³-hybridized carbons (Fsp3) is 0.600. The smallest absolute Gasteiger partial charge is 0.0793 e. The fourth-order valence-corrected chi connectivity index (χ4v) is 1.63. The van der Waals surface area contributed by atoms with Crippen molar-refractivity contribution in [2.75, 3.05) is 19.6 Å². The van der Waals surface area contributed by atoms with Crippen LogP contribution in [0.3, 0.4) is 0 Å². The van der Waals surface area contributed by atoms with E-state index in [-0.39, 0.29) is 6.10 Å². The van der Waals surface area contributed by atoms with E-state index in [2.05, 4.69) is 14.9 Å². The fourth-order valence-electron chi connectivity index (χ4n) is 1.63. The van der Waals surface area contributed by atoms with Gasteiger partial charge in [-0.15, -0.1) is 0 Å². The van der Waals surface area contributed by atoms with Crippen molar-refractivity contribution in [2.24, 2.45) is 0 Å². The van der Waals surface area contributed by atoms with E-state index in [4.69, 9.17) is 5.11 Å². The highest BCUT2D eigenvalue weighted by Gasteiger charge is 2.23. The van der Waals surface area contributed by atoms with Gasteiger partial charge in [0.2, 0.25) is 0 Å². The Balaban J connectivity index is 1.80. The Bertz CT molecular complexity index is 310. The molecule has 0 bridgehead atoms. The zero-order valence-electron chi connectivity index (χ0n) is 8.35. The first-order valence-electron chi connectivity index (χ1n) is 4.92. The normalized spacial score (nSPS) is 18.1. The minimum Gasteiger partial charge on any atom is -0.390 e. The van der Waals surface area contributed by atoms with Gasteiger partial charge < -0.3 is 5.11 Å². The lowest BCUT2D eigenvalue weighted by Crippen LogP contribution is -2.51. The van der Waals surface area contributed by atoms with Gasteiger partial charge in [-0.05, 0) is 6.92 Å². The lowest BCUT2D eigenvalue weighted by molar-refractivity contribution is 0.00296. The second-order valence-electron chi connectivity index (χ2n) is 3.82. The number of rotatable bonds is 3. The van der Waals surface area contributed by atoms with Crippen LogP contribution in [-0.4, -0.2) is 45.7 Å². The highest BCUT2D eigenvalue weighted by molar-refractivity contribution is 5.02. The summed E-state index contributed by atoms with van der Waals surface area (Å²) in [5.41, 5.74) is 2.00. The maximum absolute atomic E-state index is 9.09. The van der Waals surface area contributed by atoms with Gasteiger partial charge in [0.15, 0.2) is 0 Å².